The van der Waals surface area contributed by atoms with Gasteiger partial charge in [0.1, 0.15) is 0 Å². The summed E-state index contributed by atoms with van der Waals surface area (Å²) in [5, 5.41) is 3.41. The minimum absolute atomic E-state index is 0.0184. The molecule has 4 rings (SSSR count). The smallest absolute Gasteiger partial charge is 0.239 e. The van der Waals surface area contributed by atoms with Gasteiger partial charge in [-0.1, -0.05) is 24.3 Å². The molecule has 2 fully saturated rings. The van der Waals surface area contributed by atoms with Crippen molar-refractivity contribution in [1.82, 2.24) is 20.0 Å². The van der Waals surface area contributed by atoms with Crippen molar-refractivity contribution in [3.63, 3.8) is 0 Å². The van der Waals surface area contributed by atoms with Gasteiger partial charge in [0.05, 0.1) is 6.04 Å². The number of hydrogen-bond acceptors (Lipinski definition) is 4. The van der Waals surface area contributed by atoms with Crippen LogP contribution in [0.5, 0.6) is 0 Å². The highest BCUT2D eigenvalue weighted by atomic mass is 16.2. The topological polar surface area (TPSA) is 38.8 Å². The average molecular weight is 342 g/mol. The molecule has 0 bridgehead atoms. The molecular weight excluding hydrogens is 312 g/mol. The summed E-state index contributed by atoms with van der Waals surface area (Å²) in [5.41, 5.74) is 2.83. The average Bonchev–Trinajstić information content (AvgIpc) is 3.17. The number of amides is 1. The summed E-state index contributed by atoms with van der Waals surface area (Å²) >= 11 is 0. The molecular formula is C20H30N4O. The molecule has 5 heteroatoms. The van der Waals surface area contributed by atoms with Gasteiger partial charge in [0, 0.05) is 58.4 Å². The van der Waals surface area contributed by atoms with Crippen LogP contribution in [0.3, 0.4) is 0 Å². The molecule has 0 aliphatic carbocycles. The summed E-state index contributed by atoms with van der Waals surface area (Å²) in [6.07, 6.45) is 2.18. The van der Waals surface area contributed by atoms with E-state index in [0.717, 1.165) is 65.2 Å². The Hall–Kier alpha value is -1.43. The second kappa shape index (κ2) is 7.44. The molecule has 0 spiro atoms. The molecule has 3 heterocycles. The maximum absolute atomic E-state index is 13.0. The van der Waals surface area contributed by atoms with Crippen molar-refractivity contribution in [2.75, 3.05) is 45.8 Å². The van der Waals surface area contributed by atoms with Crippen LogP contribution in [0.4, 0.5) is 0 Å². The number of hydrogen-bond donors (Lipinski definition) is 1. The summed E-state index contributed by atoms with van der Waals surface area (Å²) < 4.78 is 0. The molecule has 2 unspecified atom stereocenters. The third kappa shape index (κ3) is 3.59. The highest BCUT2D eigenvalue weighted by molar-refractivity contribution is 5.81. The molecule has 5 nitrogen and oxygen atoms in total. The fourth-order valence-corrected chi connectivity index (χ4v) is 4.56. The van der Waals surface area contributed by atoms with Crippen molar-refractivity contribution in [1.29, 1.82) is 0 Å². The highest BCUT2D eigenvalue weighted by Gasteiger charge is 2.34. The van der Waals surface area contributed by atoms with E-state index in [1.807, 2.05) is 0 Å². The first-order valence-corrected chi connectivity index (χ1v) is 9.77. The predicted molar refractivity (Wildman–Crippen MR) is 99.4 cm³/mol. The van der Waals surface area contributed by atoms with Crippen molar-refractivity contribution in [2.45, 2.75) is 38.4 Å². The first-order valence-electron chi connectivity index (χ1n) is 9.77. The summed E-state index contributed by atoms with van der Waals surface area (Å²) in [6, 6.07) is 9.18. The molecule has 3 aliphatic rings. The monoisotopic (exact) mass is 342 g/mol. The van der Waals surface area contributed by atoms with Crippen molar-refractivity contribution in [3.05, 3.63) is 35.4 Å². The van der Waals surface area contributed by atoms with E-state index in [1.54, 1.807) is 0 Å². The van der Waals surface area contributed by atoms with Gasteiger partial charge >= 0.3 is 0 Å². The zero-order chi connectivity index (χ0) is 17.2. The number of fused-ring (bicyclic) bond motifs is 1. The molecule has 1 amide bonds. The maximum Gasteiger partial charge on any atom is 0.239 e. The molecule has 25 heavy (non-hydrogen) atoms. The second-order valence-corrected chi connectivity index (χ2v) is 7.68. The number of benzene rings is 1. The molecule has 2 saturated heterocycles. The normalized spacial score (nSPS) is 26.4. The summed E-state index contributed by atoms with van der Waals surface area (Å²) in [6.45, 7) is 10.2. The van der Waals surface area contributed by atoms with Crippen LogP contribution >= 0.6 is 0 Å². The summed E-state index contributed by atoms with van der Waals surface area (Å²) in [5.74, 6) is 0.317. The van der Waals surface area contributed by atoms with E-state index in [1.165, 1.54) is 11.1 Å². The standard InChI is InChI=1S/C20H30N4O/c1-16(23-10-6-17-4-2-3-5-18(17)14-23)20(25)24-11-7-19(15-24)22-12-8-21-9-13-22/h2-5,16,19,21H,6-15H2,1H3. The van der Waals surface area contributed by atoms with E-state index in [4.69, 9.17) is 0 Å². The van der Waals surface area contributed by atoms with Gasteiger partial charge in [-0.25, -0.2) is 0 Å². The van der Waals surface area contributed by atoms with Gasteiger partial charge in [0.15, 0.2) is 0 Å². The third-order valence-corrected chi connectivity index (χ3v) is 6.21. The Balaban J connectivity index is 1.35. The molecule has 0 saturated carbocycles. The minimum atomic E-state index is -0.0184. The molecule has 1 aromatic rings. The van der Waals surface area contributed by atoms with Gasteiger partial charge in [-0.2, -0.15) is 0 Å². The lowest BCUT2D eigenvalue weighted by Crippen LogP contribution is -2.51. The van der Waals surface area contributed by atoms with E-state index in [9.17, 15) is 4.79 Å². The summed E-state index contributed by atoms with van der Waals surface area (Å²) in [7, 11) is 0. The van der Waals surface area contributed by atoms with Crippen LogP contribution in [0.25, 0.3) is 0 Å². The molecule has 0 radical (unpaired) electrons. The Bertz CT molecular complexity index is 613. The molecule has 3 aliphatic heterocycles. The fraction of sp³-hybridized carbons (Fsp3) is 0.650. The fourth-order valence-electron chi connectivity index (χ4n) is 4.56. The van der Waals surface area contributed by atoms with Gasteiger partial charge in [0.2, 0.25) is 5.91 Å². The number of likely N-dealkylation sites (tertiary alicyclic amines) is 1. The zero-order valence-corrected chi connectivity index (χ0v) is 15.3. The highest BCUT2D eigenvalue weighted by Crippen LogP contribution is 2.23. The molecule has 1 aromatic carbocycles. The van der Waals surface area contributed by atoms with Gasteiger partial charge in [-0.3, -0.25) is 14.6 Å². The molecule has 2 atom stereocenters. The zero-order valence-electron chi connectivity index (χ0n) is 15.3. The first kappa shape index (κ1) is 17.0. The number of nitrogens with one attached hydrogen (secondary N) is 1. The van der Waals surface area contributed by atoms with Crippen LogP contribution in [-0.4, -0.2) is 78.5 Å². The lowest BCUT2D eigenvalue weighted by molar-refractivity contribution is -0.135. The van der Waals surface area contributed by atoms with Crippen molar-refractivity contribution < 1.29 is 4.79 Å². The maximum atomic E-state index is 13.0. The number of carbonyl (C=O) groups excluding carboxylic acids is 1. The van der Waals surface area contributed by atoms with Crippen LogP contribution in [0.1, 0.15) is 24.5 Å². The number of nitrogens with zero attached hydrogens (tertiary/aromatic N) is 3. The van der Waals surface area contributed by atoms with Crippen molar-refractivity contribution in [3.8, 4) is 0 Å². The van der Waals surface area contributed by atoms with Crippen molar-refractivity contribution >= 4 is 5.91 Å². The van der Waals surface area contributed by atoms with Gasteiger partial charge in [-0.15, -0.1) is 0 Å². The first-order chi connectivity index (χ1) is 12.2. The van der Waals surface area contributed by atoms with E-state index >= 15 is 0 Å². The number of rotatable bonds is 3. The SMILES string of the molecule is CC(C(=O)N1CCC(N2CCNCC2)C1)N1CCc2ccccc2C1. The van der Waals surface area contributed by atoms with E-state index in [-0.39, 0.29) is 6.04 Å². The number of piperazine rings is 1. The molecule has 136 valence electrons. The van der Waals surface area contributed by atoms with Crippen LogP contribution in [0.15, 0.2) is 24.3 Å². The van der Waals surface area contributed by atoms with Gasteiger partial charge in [-0.05, 0) is 30.9 Å². The number of carbonyl (C=O) groups is 1. The van der Waals surface area contributed by atoms with Crippen LogP contribution in [0, 0.1) is 0 Å². The van der Waals surface area contributed by atoms with Crippen LogP contribution in [0.2, 0.25) is 0 Å². The summed E-state index contributed by atoms with van der Waals surface area (Å²) in [4.78, 5) is 20.1. The van der Waals surface area contributed by atoms with Crippen LogP contribution in [-0.2, 0) is 17.8 Å². The second-order valence-electron chi connectivity index (χ2n) is 7.68. The van der Waals surface area contributed by atoms with E-state index in [0.29, 0.717) is 11.9 Å². The quantitative estimate of drug-likeness (QED) is 0.887. The van der Waals surface area contributed by atoms with Crippen LogP contribution < -0.4 is 5.32 Å². The molecule has 0 aromatic heterocycles. The Morgan fingerprint density at radius 1 is 1.12 bits per heavy atom. The van der Waals surface area contributed by atoms with Gasteiger partial charge in [0.25, 0.3) is 0 Å². The van der Waals surface area contributed by atoms with E-state index in [2.05, 4.69) is 51.2 Å². The third-order valence-electron chi connectivity index (χ3n) is 6.21. The van der Waals surface area contributed by atoms with Gasteiger partial charge < -0.3 is 10.2 Å². The lowest BCUT2D eigenvalue weighted by Gasteiger charge is -2.35. The Morgan fingerprint density at radius 3 is 2.68 bits per heavy atom. The largest absolute Gasteiger partial charge is 0.340 e. The Labute approximate surface area is 151 Å². The Kier molecular flexibility index (Phi) is 5.06. The minimum Gasteiger partial charge on any atom is -0.340 e. The molecule has 1 N–H and O–H groups in total. The lowest BCUT2D eigenvalue weighted by atomic mass is 9.98. The van der Waals surface area contributed by atoms with Crippen molar-refractivity contribution in [2.24, 2.45) is 0 Å². The Morgan fingerprint density at radius 2 is 1.88 bits per heavy atom. The van der Waals surface area contributed by atoms with E-state index < -0.39 is 0 Å². The predicted octanol–water partition coefficient (Wildman–Crippen LogP) is 0.939.